The number of rotatable bonds is 4. The normalized spacial score (nSPS) is 22.5. The zero-order valence-electron chi connectivity index (χ0n) is 10.9. The third kappa shape index (κ3) is 2.90. The Kier molecular flexibility index (Phi) is 4.24. The molecule has 2 heterocycles. The highest BCUT2D eigenvalue weighted by atomic mass is 16.3. The monoisotopic (exact) mass is 236 g/mol. The Morgan fingerprint density at radius 3 is 2.65 bits per heavy atom. The number of piperidine rings is 1. The molecule has 1 aliphatic heterocycles. The molecular formula is C14H24N2O. The van der Waals surface area contributed by atoms with Crippen molar-refractivity contribution in [2.45, 2.75) is 45.2 Å². The Bertz CT molecular complexity index is 313. The van der Waals surface area contributed by atoms with Crippen LogP contribution in [0.25, 0.3) is 0 Å². The second-order valence-electron chi connectivity index (χ2n) is 5.21. The molecule has 2 rings (SSSR count). The fourth-order valence-corrected chi connectivity index (χ4v) is 2.87. The summed E-state index contributed by atoms with van der Waals surface area (Å²) in [6, 6.07) is 4.34. The molecule has 0 saturated carbocycles. The number of furan rings is 1. The molecule has 1 aromatic rings. The summed E-state index contributed by atoms with van der Waals surface area (Å²) in [6.07, 6.45) is 5.63. The molecule has 96 valence electrons. The molecule has 2 atom stereocenters. The summed E-state index contributed by atoms with van der Waals surface area (Å²) in [5, 5.41) is 0. The van der Waals surface area contributed by atoms with Crippen molar-refractivity contribution in [3.05, 3.63) is 24.2 Å². The van der Waals surface area contributed by atoms with Gasteiger partial charge in [-0.15, -0.1) is 0 Å². The Balaban J connectivity index is 2.03. The molecule has 1 aromatic heterocycles. The molecule has 3 heteroatoms. The van der Waals surface area contributed by atoms with Crippen molar-refractivity contribution in [3.63, 3.8) is 0 Å². The standard InChI is InChI=1S/C14H24N2O/c1-3-12-6-8-16(9-7-12)14(11(2)15)13-5-4-10-17-13/h4-5,10-12,14H,3,6-9,15H2,1-2H3. The Morgan fingerprint density at radius 1 is 1.47 bits per heavy atom. The molecule has 1 fully saturated rings. The van der Waals surface area contributed by atoms with E-state index in [9.17, 15) is 0 Å². The van der Waals surface area contributed by atoms with Gasteiger partial charge in [-0.2, -0.15) is 0 Å². The van der Waals surface area contributed by atoms with Gasteiger partial charge in [0.1, 0.15) is 5.76 Å². The average Bonchev–Trinajstić information content (AvgIpc) is 2.83. The van der Waals surface area contributed by atoms with Crippen LogP contribution in [0.1, 0.15) is 44.9 Å². The number of nitrogens with two attached hydrogens (primary N) is 1. The van der Waals surface area contributed by atoms with E-state index >= 15 is 0 Å². The molecule has 0 spiro atoms. The first-order valence-electron chi connectivity index (χ1n) is 6.75. The van der Waals surface area contributed by atoms with Crippen molar-refractivity contribution in [2.24, 2.45) is 11.7 Å². The first-order valence-corrected chi connectivity index (χ1v) is 6.75. The van der Waals surface area contributed by atoms with Crippen molar-refractivity contribution in [3.8, 4) is 0 Å². The Hall–Kier alpha value is -0.800. The van der Waals surface area contributed by atoms with Gasteiger partial charge in [0.15, 0.2) is 0 Å². The highest BCUT2D eigenvalue weighted by Gasteiger charge is 2.29. The largest absolute Gasteiger partial charge is 0.468 e. The van der Waals surface area contributed by atoms with Gasteiger partial charge in [0.25, 0.3) is 0 Å². The molecular weight excluding hydrogens is 212 g/mol. The fraction of sp³-hybridized carbons (Fsp3) is 0.714. The van der Waals surface area contributed by atoms with Crippen LogP contribution in [0.4, 0.5) is 0 Å². The van der Waals surface area contributed by atoms with Crippen LogP contribution in [0.2, 0.25) is 0 Å². The van der Waals surface area contributed by atoms with Gasteiger partial charge in [-0.05, 0) is 50.9 Å². The van der Waals surface area contributed by atoms with Crippen molar-refractivity contribution >= 4 is 0 Å². The quantitative estimate of drug-likeness (QED) is 0.874. The molecule has 0 amide bonds. The van der Waals surface area contributed by atoms with Crippen molar-refractivity contribution in [2.75, 3.05) is 13.1 Å². The second-order valence-corrected chi connectivity index (χ2v) is 5.21. The van der Waals surface area contributed by atoms with Gasteiger partial charge >= 0.3 is 0 Å². The van der Waals surface area contributed by atoms with Crippen LogP contribution < -0.4 is 5.73 Å². The highest BCUT2D eigenvalue weighted by molar-refractivity contribution is 5.07. The minimum atomic E-state index is 0.110. The van der Waals surface area contributed by atoms with E-state index in [1.807, 2.05) is 12.1 Å². The van der Waals surface area contributed by atoms with E-state index in [4.69, 9.17) is 10.2 Å². The van der Waals surface area contributed by atoms with Crippen molar-refractivity contribution in [1.82, 2.24) is 4.90 Å². The maximum absolute atomic E-state index is 6.12. The maximum Gasteiger partial charge on any atom is 0.122 e. The summed E-state index contributed by atoms with van der Waals surface area (Å²) in [5.74, 6) is 1.91. The summed E-state index contributed by atoms with van der Waals surface area (Å²) in [4.78, 5) is 2.48. The highest BCUT2D eigenvalue weighted by Crippen LogP contribution is 2.29. The lowest BCUT2D eigenvalue weighted by Crippen LogP contribution is -2.43. The number of hydrogen-bond acceptors (Lipinski definition) is 3. The van der Waals surface area contributed by atoms with Gasteiger partial charge in [0.2, 0.25) is 0 Å². The van der Waals surface area contributed by atoms with E-state index in [2.05, 4.69) is 18.7 Å². The second kappa shape index (κ2) is 5.69. The Morgan fingerprint density at radius 2 is 2.18 bits per heavy atom. The summed E-state index contributed by atoms with van der Waals surface area (Å²) in [7, 11) is 0. The van der Waals surface area contributed by atoms with Gasteiger partial charge in [-0.3, -0.25) is 4.90 Å². The first kappa shape index (κ1) is 12.7. The predicted octanol–water partition coefficient (Wildman–Crippen LogP) is 2.79. The zero-order chi connectivity index (χ0) is 12.3. The van der Waals surface area contributed by atoms with Crippen LogP contribution in [-0.2, 0) is 0 Å². The van der Waals surface area contributed by atoms with E-state index in [1.165, 1.54) is 19.3 Å². The zero-order valence-corrected chi connectivity index (χ0v) is 10.9. The lowest BCUT2D eigenvalue weighted by atomic mass is 9.92. The fourth-order valence-electron chi connectivity index (χ4n) is 2.87. The topological polar surface area (TPSA) is 42.4 Å². The average molecular weight is 236 g/mol. The number of likely N-dealkylation sites (tertiary alicyclic amines) is 1. The van der Waals surface area contributed by atoms with E-state index in [1.54, 1.807) is 6.26 Å². The van der Waals surface area contributed by atoms with Crippen molar-refractivity contribution in [1.29, 1.82) is 0 Å². The molecule has 17 heavy (non-hydrogen) atoms. The van der Waals surface area contributed by atoms with Crippen LogP contribution in [-0.4, -0.2) is 24.0 Å². The summed E-state index contributed by atoms with van der Waals surface area (Å²) < 4.78 is 5.54. The number of nitrogens with zero attached hydrogens (tertiary/aromatic N) is 1. The summed E-state index contributed by atoms with van der Waals surface area (Å²) in [6.45, 7) is 6.64. The van der Waals surface area contributed by atoms with E-state index < -0.39 is 0 Å². The van der Waals surface area contributed by atoms with Crippen LogP contribution in [0.5, 0.6) is 0 Å². The molecule has 0 bridgehead atoms. The van der Waals surface area contributed by atoms with Gasteiger partial charge < -0.3 is 10.2 Å². The maximum atomic E-state index is 6.12. The molecule has 0 aromatic carbocycles. The molecule has 1 aliphatic rings. The van der Waals surface area contributed by atoms with Crippen LogP contribution >= 0.6 is 0 Å². The SMILES string of the molecule is CCC1CCN(C(c2ccco2)C(C)N)CC1. The molecule has 3 nitrogen and oxygen atoms in total. The van der Waals surface area contributed by atoms with E-state index in [-0.39, 0.29) is 12.1 Å². The molecule has 2 unspecified atom stereocenters. The summed E-state index contributed by atoms with van der Waals surface area (Å²) in [5.41, 5.74) is 6.12. The molecule has 0 radical (unpaired) electrons. The smallest absolute Gasteiger partial charge is 0.122 e. The third-order valence-electron chi connectivity index (χ3n) is 3.95. The van der Waals surface area contributed by atoms with Gasteiger partial charge in [0, 0.05) is 6.04 Å². The lowest BCUT2D eigenvalue weighted by Gasteiger charge is -2.38. The third-order valence-corrected chi connectivity index (χ3v) is 3.95. The minimum absolute atomic E-state index is 0.110. The number of hydrogen-bond donors (Lipinski definition) is 1. The molecule has 2 N–H and O–H groups in total. The predicted molar refractivity (Wildman–Crippen MR) is 69.7 cm³/mol. The van der Waals surface area contributed by atoms with Gasteiger partial charge in [0.05, 0.1) is 12.3 Å². The van der Waals surface area contributed by atoms with Gasteiger partial charge in [-0.25, -0.2) is 0 Å². The van der Waals surface area contributed by atoms with E-state index in [0.29, 0.717) is 0 Å². The van der Waals surface area contributed by atoms with Gasteiger partial charge in [-0.1, -0.05) is 13.3 Å². The first-order chi connectivity index (χ1) is 8.22. The lowest BCUT2D eigenvalue weighted by molar-refractivity contribution is 0.104. The van der Waals surface area contributed by atoms with Crippen molar-refractivity contribution < 1.29 is 4.42 Å². The molecule has 0 aliphatic carbocycles. The van der Waals surface area contributed by atoms with Crippen LogP contribution in [0, 0.1) is 5.92 Å². The minimum Gasteiger partial charge on any atom is -0.468 e. The van der Waals surface area contributed by atoms with Crippen LogP contribution in [0.15, 0.2) is 22.8 Å². The van der Waals surface area contributed by atoms with E-state index in [0.717, 1.165) is 24.8 Å². The Labute approximate surface area is 104 Å². The molecule has 1 saturated heterocycles. The van der Waals surface area contributed by atoms with Crippen LogP contribution in [0.3, 0.4) is 0 Å². The summed E-state index contributed by atoms with van der Waals surface area (Å²) >= 11 is 0.